The second-order valence-corrected chi connectivity index (χ2v) is 6.00. The highest BCUT2D eigenvalue weighted by atomic mass is 16.6. The summed E-state index contributed by atoms with van der Waals surface area (Å²) in [6.07, 6.45) is 0.785. The van der Waals surface area contributed by atoms with E-state index >= 15 is 0 Å². The minimum absolute atomic E-state index is 0.0885. The van der Waals surface area contributed by atoms with Gasteiger partial charge in [0.25, 0.3) is 5.69 Å². The molecule has 0 aliphatic rings. The third-order valence-electron chi connectivity index (χ3n) is 2.81. The molecular weight excluding hydrogens is 314 g/mol. The molecule has 0 atom stereocenters. The highest BCUT2D eigenvalue weighted by Gasteiger charge is 2.18. The number of nitriles is 1. The van der Waals surface area contributed by atoms with Crippen LogP contribution in [0.2, 0.25) is 0 Å². The fourth-order valence-electron chi connectivity index (χ4n) is 1.82. The molecule has 1 amide bonds. The van der Waals surface area contributed by atoms with Crippen LogP contribution < -0.4 is 10.1 Å². The molecule has 1 N–H and O–H groups in total. The van der Waals surface area contributed by atoms with Crippen LogP contribution in [0.25, 0.3) is 0 Å². The lowest BCUT2D eigenvalue weighted by Crippen LogP contribution is -2.33. The van der Waals surface area contributed by atoms with E-state index in [0.29, 0.717) is 19.4 Å². The summed E-state index contributed by atoms with van der Waals surface area (Å²) in [5.41, 5.74) is -0.904. The standard InChI is InChI=1S/C16H21N3O5/c1-16(2,3)24-15(20)18-9-4-5-10-23-14-8-6-7-13(19(21)22)12(14)11-17/h6-8H,4-5,9-10H2,1-3H3,(H,18,20). The Bertz CT molecular complexity index is 632. The number of hydrogen-bond donors (Lipinski definition) is 1. The van der Waals surface area contributed by atoms with E-state index in [-0.39, 0.29) is 23.6 Å². The van der Waals surface area contributed by atoms with Gasteiger partial charge >= 0.3 is 6.09 Å². The molecule has 0 fully saturated rings. The van der Waals surface area contributed by atoms with Crippen molar-refractivity contribution in [2.24, 2.45) is 0 Å². The van der Waals surface area contributed by atoms with Gasteiger partial charge in [-0.25, -0.2) is 4.79 Å². The van der Waals surface area contributed by atoms with Gasteiger partial charge in [0.1, 0.15) is 17.4 Å². The number of alkyl carbamates (subject to hydrolysis) is 1. The summed E-state index contributed by atoms with van der Waals surface area (Å²) in [4.78, 5) is 21.7. The van der Waals surface area contributed by atoms with Crippen LogP contribution in [0.1, 0.15) is 39.2 Å². The van der Waals surface area contributed by atoms with Crippen molar-refractivity contribution in [3.63, 3.8) is 0 Å². The number of carbonyl (C=O) groups excluding carboxylic acids is 1. The SMILES string of the molecule is CC(C)(C)OC(=O)NCCCCOc1cccc([N+](=O)[O-])c1C#N. The Labute approximate surface area is 140 Å². The fourth-order valence-corrected chi connectivity index (χ4v) is 1.82. The zero-order valence-electron chi connectivity index (χ0n) is 14.0. The van der Waals surface area contributed by atoms with Gasteiger partial charge in [0.2, 0.25) is 0 Å². The first kappa shape index (κ1) is 19.2. The Hall–Kier alpha value is -2.82. The second-order valence-electron chi connectivity index (χ2n) is 6.00. The summed E-state index contributed by atoms with van der Waals surface area (Å²) in [7, 11) is 0. The lowest BCUT2D eigenvalue weighted by molar-refractivity contribution is -0.385. The first-order valence-electron chi connectivity index (χ1n) is 7.52. The van der Waals surface area contributed by atoms with E-state index in [4.69, 9.17) is 14.7 Å². The Balaban J connectivity index is 2.37. The van der Waals surface area contributed by atoms with Crippen LogP contribution in [-0.4, -0.2) is 29.8 Å². The molecule has 1 aromatic carbocycles. The van der Waals surface area contributed by atoms with Crippen molar-refractivity contribution in [3.05, 3.63) is 33.9 Å². The average Bonchev–Trinajstić information content (AvgIpc) is 2.48. The molecule has 24 heavy (non-hydrogen) atoms. The van der Waals surface area contributed by atoms with Crippen molar-refractivity contribution in [1.29, 1.82) is 5.26 Å². The normalized spacial score (nSPS) is 10.6. The minimum atomic E-state index is -0.615. The molecule has 8 nitrogen and oxygen atoms in total. The van der Waals surface area contributed by atoms with Gasteiger partial charge < -0.3 is 14.8 Å². The van der Waals surface area contributed by atoms with Gasteiger partial charge in [-0.2, -0.15) is 5.26 Å². The van der Waals surface area contributed by atoms with Crippen molar-refractivity contribution in [2.45, 2.75) is 39.2 Å². The molecule has 0 saturated carbocycles. The van der Waals surface area contributed by atoms with Crippen molar-refractivity contribution >= 4 is 11.8 Å². The van der Waals surface area contributed by atoms with Gasteiger partial charge in [-0.3, -0.25) is 10.1 Å². The number of unbranched alkanes of at least 4 members (excludes halogenated alkanes) is 1. The van der Waals surface area contributed by atoms with Gasteiger partial charge in [0.05, 0.1) is 11.5 Å². The number of benzene rings is 1. The van der Waals surface area contributed by atoms with Crippen LogP contribution >= 0.6 is 0 Å². The summed E-state index contributed by atoms with van der Waals surface area (Å²) in [5.74, 6) is 0.187. The van der Waals surface area contributed by atoms with Crippen molar-refractivity contribution in [3.8, 4) is 11.8 Å². The van der Waals surface area contributed by atoms with Gasteiger partial charge in [-0.15, -0.1) is 0 Å². The van der Waals surface area contributed by atoms with E-state index in [0.717, 1.165) is 0 Å². The Kier molecular flexibility index (Phi) is 6.98. The maximum absolute atomic E-state index is 11.4. The zero-order valence-corrected chi connectivity index (χ0v) is 14.0. The number of nitro groups is 1. The van der Waals surface area contributed by atoms with E-state index in [1.165, 1.54) is 18.2 Å². The van der Waals surface area contributed by atoms with Gasteiger partial charge in [-0.05, 0) is 39.7 Å². The molecule has 0 aliphatic carbocycles. The lowest BCUT2D eigenvalue weighted by Gasteiger charge is -2.19. The summed E-state index contributed by atoms with van der Waals surface area (Å²) in [6.45, 7) is 6.06. The topological polar surface area (TPSA) is 114 Å². The van der Waals surface area contributed by atoms with Crippen molar-refractivity contribution in [1.82, 2.24) is 5.32 Å². The van der Waals surface area contributed by atoms with Crippen LogP contribution in [0.4, 0.5) is 10.5 Å². The molecule has 0 spiro atoms. The molecule has 1 rings (SSSR count). The van der Waals surface area contributed by atoms with E-state index in [1.807, 2.05) is 0 Å². The number of nitro benzene ring substituents is 1. The smallest absolute Gasteiger partial charge is 0.407 e. The number of ether oxygens (including phenoxy) is 2. The van der Waals surface area contributed by atoms with Crippen molar-refractivity contribution < 1.29 is 19.2 Å². The molecule has 0 aliphatic heterocycles. The summed E-state index contributed by atoms with van der Waals surface area (Å²) >= 11 is 0. The quantitative estimate of drug-likeness (QED) is 0.465. The van der Waals surface area contributed by atoms with Gasteiger partial charge in [-0.1, -0.05) is 6.07 Å². The highest BCUT2D eigenvalue weighted by molar-refractivity contribution is 5.67. The predicted octanol–water partition coefficient (Wildman–Crippen LogP) is 3.15. The molecule has 130 valence electrons. The monoisotopic (exact) mass is 335 g/mol. The van der Waals surface area contributed by atoms with Gasteiger partial charge in [0, 0.05) is 12.6 Å². The van der Waals surface area contributed by atoms with Crippen LogP contribution in [-0.2, 0) is 4.74 Å². The molecule has 0 radical (unpaired) electrons. The van der Waals surface area contributed by atoms with E-state index in [1.54, 1.807) is 26.8 Å². The number of hydrogen-bond acceptors (Lipinski definition) is 6. The lowest BCUT2D eigenvalue weighted by atomic mass is 10.2. The molecule has 8 heteroatoms. The molecule has 1 aromatic rings. The third kappa shape index (κ3) is 6.52. The van der Waals surface area contributed by atoms with E-state index in [9.17, 15) is 14.9 Å². The average molecular weight is 335 g/mol. The van der Waals surface area contributed by atoms with Crippen LogP contribution in [0.15, 0.2) is 18.2 Å². The largest absolute Gasteiger partial charge is 0.492 e. The van der Waals surface area contributed by atoms with Crippen LogP contribution in [0, 0.1) is 21.4 Å². The number of nitrogens with one attached hydrogen (secondary N) is 1. The molecule has 0 aromatic heterocycles. The van der Waals surface area contributed by atoms with Crippen LogP contribution in [0.3, 0.4) is 0 Å². The minimum Gasteiger partial charge on any atom is -0.492 e. The molecule has 0 saturated heterocycles. The first-order valence-corrected chi connectivity index (χ1v) is 7.52. The van der Waals surface area contributed by atoms with E-state index in [2.05, 4.69) is 5.32 Å². The number of amides is 1. The highest BCUT2D eigenvalue weighted by Crippen LogP contribution is 2.27. The summed E-state index contributed by atoms with van der Waals surface area (Å²) in [6, 6.07) is 6.04. The summed E-state index contributed by atoms with van der Waals surface area (Å²) in [5, 5.41) is 22.5. The predicted molar refractivity (Wildman–Crippen MR) is 86.8 cm³/mol. The number of rotatable bonds is 7. The Morgan fingerprint density at radius 3 is 2.67 bits per heavy atom. The third-order valence-corrected chi connectivity index (χ3v) is 2.81. The molecular formula is C16H21N3O5. The molecule has 0 unspecified atom stereocenters. The molecule has 0 bridgehead atoms. The maximum Gasteiger partial charge on any atom is 0.407 e. The second kappa shape index (κ2) is 8.72. The van der Waals surface area contributed by atoms with Crippen LogP contribution in [0.5, 0.6) is 5.75 Å². The Morgan fingerprint density at radius 2 is 2.08 bits per heavy atom. The van der Waals surface area contributed by atoms with Gasteiger partial charge in [0.15, 0.2) is 5.56 Å². The maximum atomic E-state index is 11.4. The fraction of sp³-hybridized carbons (Fsp3) is 0.500. The molecule has 0 heterocycles. The number of carbonyl (C=O) groups is 1. The summed E-state index contributed by atoms with van der Waals surface area (Å²) < 4.78 is 10.5. The number of nitrogens with zero attached hydrogens (tertiary/aromatic N) is 2. The first-order chi connectivity index (χ1) is 11.2. The Morgan fingerprint density at radius 1 is 1.38 bits per heavy atom. The van der Waals surface area contributed by atoms with E-state index < -0.39 is 16.6 Å². The zero-order chi connectivity index (χ0) is 18.2. The van der Waals surface area contributed by atoms with Crippen molar-refractivity contribution in [2.75, 3.05) is 13.2 Å².